The van der Waals surface area contributed by atoms with Crippen molar-refractivity contribution in [1.82, 2.24) is 4.90 Å². The Labute approximate surface area is 113 Å². The van der Waals surface area contributed by atoms with Crippen LogP contribution >= 0.6 is 0 Å². The van der Waals surface area contributed by atoms with E-state index in [-0.39, 0.29) is 12.0 Å². The van der Waals surface area contributed by atoms with Gasteiger partial charge in [0.2, 0.25) is 6.79 Å². The standard InChI is InChI=1S/C15H18N2O2/c1-11(13(9-16)17-6-2-3-7-17)12-4-5-14-15(8-12)19-10-18-14/h4-5,8,11,13H,2-3,6-7,10H2,1H3. The molecule has 0 aliphatic carbocycles. The van der Waals surface area contributed by atoms with Gasteiger partial charge in [-0.05, 0) is 43.6 Å². The highest BCUT2D eigenvalue weighted by atomic mass is 16.7. The first-order valence-electron chi connectivity index (χ1n) is 6.83. The molecule has 2 unspecified atom stereocenters. The Kier molecular flexibility index (Phi) is 3.31. The lowest BCUT2D eigenvalue weighted by atomic mass is 9.93. The lowest BCUT2D eigenvalue weighted by Gasteiger charge is -2.27. The fourth-order valence-corrected chi connectivity index (χ4v) is 2.91. The summed E-state index contributed by atoms with van der Waals surface area (Å²) in [5, 5.41) is 9.46. The fraction of sp³-hybridized carbons (Fsp3) is 0.533. The van der Waals surface area contributed by atoms with Gasteiger partial charge in [-0.1, -0.05) is 13.0 Å². The zero-order valence-electron chi connectivity index (χ0n) is 11.1. The first-order valence-corrected chi connectivity index (χ1v) is 6.83. The van der Waals surface area contributed by atoms with E-state index in [1.54, 1.807) is 0 Å². The van der Waals surface area contributed by atoms with Gasteiger partial charge in [0.1, 0.15) is 6.04 Å². The molecule has 0 N–H and O–H groups in total. The van der Waals surface area contributed by atoms with Gasteiger partial charge in [0.05, 0.1) is 6.07 Å². The van der Waals surface area contributed by atoms with Crippen LogP contribution in [0.1, 0.15) is 31.2 Å². The summed E-state index contributed by atoms with van der Waals surface area (Å²) in [6, 6.07) is 8.40. The topological polar surface area (TPSA) is 45.5 Å². The second-order valence-corrected chi connectivity index (χ2v) is 5.22. The molecule has 1 fully saturated rings. The average molecular weight is 258 g/mol. The van der Waals surface area contributed by atoms with Gasteiger partial charge in [-0.25, -0.2) is 0 Å². The van der Waals surface area contributed by atoms with Crippen molar-refractivity contribution >= 4 is 0 Å². The molecular formula is C15H18N2O2. The molecule has 1 saturated heterocycles. The van der Waals surface area contributed by atoms with Crippen molar-refractivity contribution in [3.05, 3.63) is 23.8 Å². The van der Waals surface area contributed by atoms with E-state index in [0.29, 0.717) is 6.79 Å². The maximum Gasteiger partial charge on any atom is 0.231 e. The summed E-state index contributed by atoms with van der Waals surface area (Å²) in [6.07, 6.45) is 2.40. The Morgan fingerprint density at radius 2 is 1.95 bits per heavy atom. The number of hydrogen-bond acceptors (Lipinski definition) is 4. The number of ether oxygens (including phenoxy) is 2. The van der Waals surface area contributed by atoms with Gasteiger partial charge >= 0.3 is 0 Å². The van der Waals surface area contributed by atoms with Crippen LogP contribution in [0.15, 0.2) is 18.2 Å². The molecule has 3 rings (SSSR count). The molecule has 0 radical (unpaired) electrons. The molecule has 0 aromatic heterocycles. The van der Waals surface area contributed by atoms with Crippen molar-refractivity contribution in [3.63, 3.8) is 0 Å². The highest BCUT2D eigenvalue weighted by Crippen LogP contribution is 2.36. The van der Waals surface area contributed by atoms with E-state index >= 15 is 0 Å². The minimum atomic E-state index is -0.0529. The molecule has 0 amide bonds. The predicted octanol–water partition coefficient (Wildman–Crippen LogP) is 2.51. The summed E-state index contributed by atoms with van der Waals surface area (Å²) in [6.45, 7) is 4.48. The molecule has 4 nitrogen and oxygen atoms in total. The third-order valence-electron chi connectivity index (χ3n) is 4.06. The lowest BCUT2D eigenvalue weighted by Crippen LogP contribution is -2.35. The van der Waals surface area contributed by atoms with Crippen LogP contribution in [-0.4, -0.2) is 30.8 Å². The molecule has 19 heavy (non-hydrogen) atoms. The van der Waals surface area contributed by atoms with E-state index in [2.05, 4.69) is 17.9 Å². The van der Waals surface area contributed by atoms with Crippen LogP contribution in [0.25, 0.3) is 0 Å². The predicted molar refractivity (Wildman–Crippen MR) is 71.2 cm³/mol. The van der Waals surface area contributed by atoms with E-state index in [4.69, 9.17) is 9.47 Å². The number of benzene rings is 1. The molecule has 1 aromatic rings. The molecule has 4 heteroatoms. The molecule has 2 atom stereocenters. The van der Waals surface area contributed by atoms with Gasteiger partial charge < -0.3 is 9.47 Å². The molecule has 0 saturated carbocycles. The summed E-state index contributed by atoms with van der Waals surface area (Å²) in [7, 11) is 0. The molecule has 2 heterocycles. The summed E-state index contributed by atoms with van der Waals surface area (Å²) in [5.74, 6) is 1.77. The van der Waals surface area contributed by atoms with Crippen LogP contribution in [0.3, 0.4) is 0 Å². The second-order valence-electron chi connectivity index (χ2n) is 5.22. The molecule has 0 spiro atoms. The molecule has 2 aliphatic rings. The Morgan fingerprint density at radius 1 is 1.21 bits per heavy atom. The van der Waals surface area contributed by atoms with Gasteiger partial charge in [0.25, 0.3) is 0 Å². The second kappa shape index (κ2) is 5.10. The maximum absolute atomic E-state index is 9.46. The zero-order chi connectivity index (χ0) is 13.2. The zero-order valence-corrected chi connectivity index (χ0v) is 11.1. The Bertz CT molecular complexity index is 503. The van der Waals surface area contributed by atoms with Crippen LogP contribution in [0.5, 0.6) is 11.5 Å². The summed E-state index contributed by atoms with van der Waals surface area (Å²) in [5.41, 5.74) is 1.14. The normalized spacial score (nSPS) is 21.1. The minimum absolute atomic E-state index is 0.0529. The van der Waals surface area contributed by atoms with Crippen LogP contribution in [-0.2, 0) is 0 Å². The number of nitrogens with zero attached hydrogens (tertiary/aromatic N) is 2. The largest absolute Gasteiger partial charge is 0.454 e. The molecular weight excluding hydrogens is 240 g/mol. The van der Waals surface area contributed by atoms with Crippen LogP contribution in [0, 0.1) is 11.3 Å². The van der Waals surface area contributed by atoms with Crippen molar-refractivity contribution in [2.45, 2.75) is 31.7 Å². The van der Waals surface area contributed by atoms with Crippen molar-refractivity contribution in [2.75, 3.05) is 19.9 Å². The Balaban J connectivity index is 1.82. The Morgan fingerprint density at radius 3 is 2.68 bits per heavy atom. The minimum Gasteiger partial charge on any atom is -0.454 e. The van der Waals surface area contributed by atoms with Crippen molar-refractivity contribution in [3.8, 4) is 17.6 Å². The quantitative estimate of drug-likeness (QED) is 0.835. The van der Waals surface area contributed by atoms with Gasteiger partial charge in [-0.2, -0.15) is 5.26 Å². The number of rotatable bonds is 3. The van der Waals surface area contributed by atoms with Gasteiger partial charge in [0, 0.05) is 5.92 Å². The highest BCUT2D eigenvalue weighted by Gasteiger charge is 2.28. The number of nitriles is 1. The van der Waals surface area contributed by atoms with Crippen LogP contribution in [0.4, 0.5) is 0 Å². The number of fused-ring (bicyclic) bond motifs is 1. The lowest BCUT2D eigenvalue weighted by molar-refractivity contribution is 0.174. The smallest absolute Gasteiger partial charge is 0.231 e. The van der Waals surface area contributed by atoms with Crippen molar-refractivity contribution in [1.29, 1.82) is 5.26 Å². The van der Waals surface area contributed by atoms with Crippen LogP contribution in [0.2, 0.25) is 0 Å². The first kappa shape index (κ1) is 12.3. The van der Waals surface area contributed by atoms with Crippen molar-refractivity contribution in [2.24, 2.45) is 0 Å². The van der Waals surface area contributed by atoms with E-state index in [0.717, 1.165) is 30.2 Å². The summed E-state index contributed by atoms with van der Waals surface area (Å²) < 4.78 is 10.7. The first-order chi connectivity index (χ1) is 9.29. The molecule has 100 valence electrons. The molecule has 2 aliphatic heterocycles. The molecule has 1 aromatic carbocycles. The maximum atomic E-state index is 9.46. The van der Waals surface area contributed by atoms with E-state index in [1.807, 2.05) is 18.2 Å². The monoisotopic (exact) mass is 258 g/mol. The average Bonchev–Trinajstić information content (AvgIpc) is 3.09. The number of likely N-dealkylation sites (tertiary alicyclic amines) is 1. The molecule has 0 bridgehead atoms. The Hall–Kier alpha value is -1.73. The van der Waals surface area contributed by atoms with E-state index < -0.39 is 0 Å². The van der Waals surface area contributed by atoms with E-state index in [1.165, 1.54) is 12.8 Å². The fourth-order valence-electron chi connectivity index (χ4n) is 2.91. The van der Waals surface area contributed by atoms with Gasteiger partial charge in [-0.3, -0.25) is 4.90 Å². The van der Waals surface area contributed by atoms with Crippen LogP contribution < -0.4 is 9.47 Å². The van der Waals surface area contributed by atoms with E-state index in [9.17, 15) is 5.26 Å². The SMILES string of the molecule is CC(c1ccc2c(c1)OCO2)C(C#N)N1CCCC1. The highest BCUT2D eigenvalue weighted by molar-refractivity contribution is 5.45. The van der Waals surface area contributed by atoms with Gasteiger partial charge in [0.15, 0.2) is 11.5 Å². The number of hydrogen-bond donors (Lipinski definition) is 0. The summed E-state index contributed by atoms with van der Waals surface area (Å²) >= 11 is 0. The third kappa shape index (κ3) is 2.26. The summed E-state index contributed by atoms with van der Waals surface area (Å²) in [4.78, 5) is 2.29. The third-order valence-corrected chi connectivity index (χ3v) is 4.06. The van der Waals surface area contributed by atoms with Gasteiger partial charge in [-0.15, -0.1) is 0 Å². The van der Waals surface area contributed by atoms with Crippen molar-refractivity contribution < 1.29 is 9.47 Å².